The number of fused-ring (bicyclic) bond motifs is 1. The van der Waals surface area contributed by atoms with Crippen LogP contribution in [0.2, 0.25) is 0 Å². The number of carbonyl (C=O) groups excluding carboxylic acids is 1. The summed E-state index contributed by atoms with van der Waals surface area (Å²) in [5.74, 6) is 1.07. The molecule has 0 aliphatic heterocycles. The molecule has 1 aromatic carbocycles. The highest BCUT2D eigenvalue weighted by Gasteiger charge is 2.15. The van der Waals surface area contributed by atoms with Crippen LogP contribution < -0.4 is 10.4 Å². The van der Waals surface area contributed by atoms with Crippen molar-refractivity contribution in [3.05, 3.63) is 63.4 Å². The smallest absolute Gasteiger partial charge is 0.341 e. The first-order valence-electron chi connectivity index (χ1n) is 8.39. The van der Waals surface area contributed by atoms with Crippen LogP contribution in [0.15, 0.2) is 44.0 Å². The lowest BCUT2D eigenvalue weighted by atomic mass is 10.1. The second kappa shape index (κ2) is 7.47. The minimum absolute atomic E-state index is 0.141. The highest BCUT2D eigenvalue weighted by atomic mass is 16.5. The van der Waals surface area contributed by atoms with E-state index < -0.39 is 5.97 Å². The Bertz CT molecular complexity index is 995. The average Bonchev–Trinajstić information content (AvgIpc) is 3.00. The van der Waals surface area contributed by atoms with Gasteiger partial charge in [0.2, 0.25) is 0 Å². The van der Waals surface area contributed by atoms with Gasteiger partial charge in [-0.25, -0.2) is 9.59 Å². The van der Waals surface area contributed by atoms with E-state index in [-0.39, 0.29) is 12.2 Å². The Hall–Kier alpha value is -3.02. The molecule has 0 aliphatic carbocycles. The Labute approximate surface area is 150 Å². The van der Waals surface area contributed by atoms with Gasteiger partial charge >= 0.3 is 11.6 Å². The number of furan rings is 1. The van der Waals surface area contributed by atoms with Crippen LogP contribution in [0.4, 0.5) is 0 Å². The lowest BCUT2D eigenvalue weighted by Crippen LogP contribution is -2.01. The first-order valence-corrected chi connectivity index (χ1v) is 8.39. The summed E-state index contributed by atoms with van der Waals surface area (Å²) in [5, 5.41) is 0.903. The Morgan fingerprint density at radius 1 is 1.15 bits per heavy atom. The van der Waals surface area contributed by atoms with Crippen molar-refractivity contribution in [1.29, 1.82) is 0 Å². The summed E-state index contributed by atoms with van der Waals surface area (Å²) in [5.41, 5.74) is 1.46. The molecule has 0 spiro atoms. The SMILES string of the molecule is CCCc1cc(=O)oc2cc(OCc3cc(C(=O)OC)c(C)o3)ccc12. The zero-order valence-corrected chi connectivity index (χ0v) is 15.0. The third-order valence-corrected chi connectivity index (χ3v) is 4.08. The van der Waals surface area contributed by atoms with E-state index in [1.807, 2.05) is 12.1 Å². The van der Waals surface area contributed by atoms with Gasteiger partial charge in [-0.05, 0) is 37.1 Å². The summed E-state index contributed by atoms with van der Waals surface area (Å²) in [7, 11) is 1.32. The number of esters is 1. The fourth-order valence-corrected chi connectivity index (χ4v) is 2.86. The van der Waals surface area contributed by atoms with Crippen LogP contribution in [0.3, 0.4) is 0 Å². The van der Waals surface area contributed by atoms with Crippen molar-refractivity contribution >= 4 is 16.9 Å². The van der Waals surface area contributed by atoms with E-state index in [1.54, 1.807) is 19.1 Å². The molecule has 0 atom stereocenters. The number of benzene rings is 1. The summed E-state index contributed by atoms with van der Waals surface area (Å²) in [6.07, 6.45) is 1.75. The van der Waals surface area contributed by atoms with Gasteiger partial charge in [0.1, 0.15) is 35.0 Å². The van der Waals surface area contributed by atoms with E-state index in [1.165, 1.54) is 13.2 Å². The van der Waals surface area contributed by atoms with Gasteiger partial charge in [0, 0.05) is 17.5 Å². The molecule has 2 aromatic heterocycles. The topological polar surface area (TPSA) is 78.9 Å². The number of methoxy groups -OCH3 is 1. The fourth-order valence-electron chi connectivity index (χ4n) is 2.86. The van der Waals surface area contributed by atoms with Crippen LogP contribution in [0, 0.1) is 6.92 Å². The summed E-state index contributed by atoms with van der Waals surface area (Å²) in [6, 6.07) is 8.52. The molecule has 0 aliphatic rings. The average molecular weight is 356 g/mol. The number of carbonyl (C=O) groups is 1. The van der Waals surface area contributed by atoms with Gasteiger partial charge < -0.3 is 18.3 Å². The first kappa shape index (κ1) is 17.8. The van der Waals surface area contributed by atoms with Gasteiger partial charge in [-0.1, -0.05) is 13.3 Å². The minimum atomic E-state index is -0.451. The first-order chi connectivity index (χ1) is 12.5. The molecule has 3 aromatic rings. The van der Waals surface area contributed by atoms with Gasteiger partial charge in [0.25, 0.3) is 0 Å². The van der Waals surface area contributed by atoms with E-state index in [0.717, 1.165) is 23.8 Å². The number of ether oxygens (including phenoxy) is 2. The summed E-state index contributed by atoms with van der Waals surface area (Å²) < 4.78 is 21.2. The molecule has 0 amide bonds. The second-order valence-corrected chi connectivity index (χ2v) is 5.96. The van der Waals surface area contributed by atoms with Crippen molar-refractivity contribution in [2.45, 2.75) is 33.3 Å². The van der Waals surface area contributed by atoms with Crippen molar-refractivity contribution in [2.75, 3.05) is 7.11 Å². The van der Waals surface area contributed by atoms with Crippen LogP contribution in [-0.4, -0.2) is 13.1 Å². The van der Waals surface area contributed by atoms with E-state index in [4.69, 9.17) is 18.3 Å². The van der Waals surface area contributed by atoms with Gasteiger partial charge in [0.15, 0.2) is 0 Å². The van der Waals surface area contributed by atoms with Crippen molar-refractivity contribution in [3.63, 3.8) is 0 Å². The molecule has 0 radical (unpaired) electrons. The molecule has 6 nitrogen and oxygen atoms in total. The largest absolute Gasteiger partial charge is 0.486 e. The number of hydrogen-bond acceptors (Lipinski definition) is 6. The van der Waals surface area contributed by atoms with E-state index in [0.29, 0.717) is 28.4 Å². The maximum absolute atomic E-state index is 11.7. The van der Waals surface area contributed by atoms with Crippen molar-refractivity contribution in [2.24, 2.45) is 0 Å². The highest BCUT2D eigenvalue weighted by molar-refractivity contribution is 5.90. The minimum Gasteiger partial charge on any atom is -0.486 e. The normalized spacial score (nSPS) is 10.9. The third-order valence-electron chi connectivity index (χ3n) is 4.08. The Balaban J connectivity index is 1.81. The van der Waals surface area contributed by atoms with Gasteiger partial charge in [-0.15, -0.1) is 0 Å². The maximum Gasteiger partial charge on any atom is 0.341 e. The molecule has 26 heavy (non-hydrogen) atoms. The Morgan fingerprint density at radius 2 is 1.96 bits per heavy atom. The monoisotopic (exact) mass is 356 g/mol. The zero-order chi connectivity index (χ0) is 18.7. The number of rotatable bonds is 6. The molecule has 3 rings (SSSR count). The summed E-state index contributed by atoms with van der Waals surface area (Å²) in [4.78, 5) is 23.4. The molecular formula is C20H20O6. The molecule has 0 bridgehead atoms. The Kier molecular flexibility index (Phi) is 5.11. The summed E-state index contributed by atoms with van der Waals surface area (Å²) in [6.45, 7) is 3.89. The standard InChI is InChI=1S/C20H20O6/c1-4-5-13-8-19(21)26-18-10-14(6-7-16(13)18)24-11-15-9-17(12(2)25-15)20(22)23-3/h6-10H,4-5,11H2,1-3H3. The molecule has 0 fully saturated rings. The summed E-state index contributed by atoms with van der Waals surface area (Å²) >= 11 is 0. The molecule has 2 heterocycles. The zero-order valence-electron chi connectivity index (χ0n) is 15.0. The van der Waals surface area contributed by atoms with Crippen LogP contribution >= 0.6 is 0 Å². The number of hydrogen-bond donors (Lipinski definition) is 0. The quantitative estimate of drug-likeness (QED) is 0.490. The van der Waals surface area contributed by atoms with E-state index >= 15 is 0 Å². The highest BCUT2D eigenvalue weighted by Crippen LogP contribution is 2.25. The van der Waals surface area contributed by atoms with Gasteiger partial charge in [0.05, 0.1) is 7.11 Å². The predicted octanol–water partition coefficient (Wildman–Crippen LogP) is 4.01. The van der Waals surface area contributed by atoms with Crippen molar-refractivity contribution in [1.82, 2.24) is 0 Å². The molecular weight excluding hydrogens is 336 g/mol. The fraction of sp³-hybridized carbons (Fsp3) is 0.300. The molecule has 6 heteroatoms. The number of aryl methyl sites for hydroxylation is 2. The van der Waals surface area contributed by atoms with Crippen molar-refractivity contribution in [3.8, 4) is 5.75 Å². The lowest BCUT2D eigenvalue weighted by Gasteiger charge is -2.07. The second-order valence-electron chi connectivity index (χ2n) is 5.96. The maximum atomic E-state index is 11.7. The van der Waals surface area contributed by atoms with Crippen LogP contribution in [-0.2, 0) is 17.8 Å². The van der Waals surface area contributed by atoms with E-state index in [2.05, 4.69) is 6.92 Å². The molecule has 0 unspecified atom stereocenters. The van der Waals surface area contributed by atoms with Crippen LogP contribution in [0.1, 0.15) is 40.8 Å². The van der Waals surface area contributed by atoms with Crippen LogP contribution in [0.25, 0.3) is 11.0 Å². The Morgan fingerprint density at radius 3 is 2.69 bits per heavy atom. The van der Waals surface area contributed by atoms with Gasteiger partial charge in [-0.2, -0.15) is 0 Å². The molecule has 0 saturated heterocycles. The molecule has 0 N–H and O–H groups in total. The molecule has 136 valence electrons. The van der Waals surface area contributed by atoms with E-state index in [9.17, 15) is 9.59 Å². The lowest BCUT2D eigenvalue weighted by molar-refractivity contribution is 0.0599. The van der Waals surface area contributed by atoms with Crippen LogP contribution in [0.5, 0.6) is 5.75 Å². The predicted molar refractivity (Wildman–Crippen MR) is 95.6 cm³/mol. The molecule has 0 saturated carbocycles. The van der Waals surface area contributed by atoms with Gasteiger partial charge in [-0.3, -0.25) is 0 Å². The van der Waals surface area contributed by atoms with Crippen molar-refractivity contribution < 1.29 is 23.1 Å². The third kappa shape index (κ3) is 3.64.